The van der Waals surface area contributed by atoms with Crippen LogP contribution in [0.2, 0.25) is 0 Å². The van der Waals surface area contributed by atoms with E-state index in [1.165, 1.54) is 25.8 Å². The van der Waals surface area contributed by atoms with Gasteiger partial charge < -0.3 is 20.3 Å². The zero-order chi connectivity index (χ0) is 17.3. The number of hydrogen-bond acceptors (Lipinski definition) is 4. The summed E-state index contributed by atoms with van der Waals surface area (Å²) in [6.45, 7) is 11.2. The Morgan fingerprint density at radius 2 is 2.04 bits per heavy atom. The van der Waals surface area contributed by atoms with Crippen LogP contribution in [-0.2, 0) is 9.53 Å². The molecule has 6 heteroatoms. The number of nitrogens with one attached hydrogen (secondary N) is 2. The van der Waals surface area contributed by atoms with Crippen LogP contribution in [0.5, 0.6) is 0 Å². The lowest BCUT2D eigenvalue weighted by Gasteiger charge is -2.33. The summed E-state index contributed by atoms with van der Waals surface area (Å²) in [6.07, 6.45) is 5.05. The maximum absolute atomic E-state index is 11.7. The van der Waals surface area contributed by atoms with Crippen molar-refractivity contribution in [3.63, 3.8) is 0 Å². The molecule has 1 saturated heterocycles. The first-order valence-electron chi connectivity index (χ1n) is 8.72. The van der Waals surface area contributed by atoms with E-state index in [-0.39, 0.29) is 12.5 Å². The molecule has 1 fully saturated rings. The van der Waals surface area contributed by atoms with Crippen LogP contribution in [0.1, 0.15) is 53.4 Å². The van der Waals surface area contributed by atoms with Gasteiger partial charge in [-0.15, -0.1) is 0 Å². The number of piperidine rings is 1. The average molecular weight is 326 g/mol. The SMILES string of the molecule is CN=C(NCCCN1CCCCC1C)NCC(=O)OC(C)(C)C. The Balaban J connectivity index is 2.17. The number of carbonyl (C=O) groups excluding carboxylic acids is 1. The first-order valence-corrected chi connectivity index (χ1v) is 8.72. The number of ether oxygens (including phenoxy) is 1. The fraction of sp³-hybridized carbons (Fsp3) is 0.882. The number of guanidine groups is 1. The van der Waals surface area contributed by atoms with Crippen molar-refractivity contribution >= 4 is 11.9 Å². The number of esters is 1. The molecule has 1 aliphatic heterocycles. The highest BCUT2D eigenvalue weighted by Crippen LogP contribution is 2.15. The second-order valence-electron chi connectivity index (χ2n) is 7.17. The Bertz CT molecular complexity index is 391. The highest BCUT2D eigenvalue weighted by atomic mass is 16.6. The van der Waals surface area contributed by atoms with Crippen LogP contribution < -0.4 is 10.6 Å². The minimum absolute atomic E-state index is 0.125. The minimum atomic E-state index is -0.457. The van der Waals surface area contributed by atoms with E-state index in [1.807, 2.05) is 20.8 Å². The monoisotopic (exact) mass is 326 g/mol. The van der Waals surface area contributed by atoms with E-state index in [4.69, 9.17) is 4.74 Å². The van der Waals surface area contributed by atoms with Crippen molar-refractivity contribution < 1.29 is 9.53 Å². The van der Waals surface area contributed by atoms with Gasteiger partial charge in [-0.2, -0.15) is 0 Å². The van der Waals surface area contributed by atoms with Gasteiger partial charge in [0.2, 0.25) is 0 Å². The topological polar surface area (TPSA) is 66.0 Å². The molecule has 0 radical (unpaired) electrons. The average Bonchev–Trinajstić information content (AvgIpc) is 2.46. The van der Waals surface area contributed by atoms with Crippen molar-refractivity contribution in [2.75, 3.05) is 33.2 Å². The van der Waals surface area contributed by atoms with Gasteiger partial charge in [0.1, 0.15) is 12.1 Å². The number of likely N-dealkylation sites (tertiary alicyclic amines) is 1. The molecule has 2 N–H and O–H groups in total. The van der Waals surface area contributed by atoms with E-state index in [2.05, 4.69) is 27.4 Å². The lowest BCUT2D eigenvalue weighted by Crippen LogP contribution is -2.43. The molecule has 1 heterocycles. The Morgan fingerprint density at radius 1 is 1.30 bits per heavy atom. The fourth-order valence-corrected chi connectivity index (χ4v) is 2.73. The first kappa shape index (κ1) is 19.7. The molecule has 1 aliphatic rings. The van der Waals surface area contributed by atoms with E-state index >= 15 is 0 Å². The van der Waals surface area contributed by atoms with Gasteiger partial charge >= 0.3 is 5.97 Å². The molecular weight excluding hydrogens is 292 g/mol. The van der Waals surface area contributed by atoms with Gasteiger partial charge in [0.15, 0.2) is 5.96 Å². The Hall–Kier alpha value is -1.30. The molecule has 0 aromatic heterocycles. The second kappa shape index (κ2) is 9.75. The van der Waals surface area contributed by atoms with Crippen LogP contribution in [0.15, 0.2) is 4.99 Å². The molecule has 1 atom stereocenters. The standard InChI is InChI=1S/C17H34N4O2/c1-14-9-6-7-11-21(14)12-8-10-19-16(18-5)20-13-15(22)23-17(2,3)4/h14H,6-13H2,1-5H3,(H2,18,19,20). The summed E-state index contributed by atoms with van der Waals surface area (Å²) >= 11 is 0. The van der Waals surface area contributed by atoms with Crippen molar-refractivity contribution in [2.45, 2.75) is 65.0 Å². The normalized spacial score (nSPS) is 20.2. The van der Waals surface area contributed by atoms with Crippen molar-refractivity contribution in [3.8, 4) is 0 Å². The summed E-state index contributed by atoms with van der Waals surface area (Å²) in [5.74, 6) is 0.366. The van der Waals surface area contributed by atoms with Gasteiger partial charge in [-0.1, -0.05) is 6.42 Å². The van der Waals surface area contributed by atoms with Gasteiger partial charge in [0.05, 0.1) is 0 Å². The summed E-state index contributed by atoms with van der Waals surface area (Å²) in [4.78, 5) is 18.4. The van der Waals surface area contributed by atoms with Crippen LogP contribution in [0.4, 0.5) is 0 Å². The van der Waals surface area contributed by atoms with Crippen molar-refractivity contribution in [1.29, 1.82) is 0 Å². The van der Waals surface area contributed by atoms with Gasteiger partial charge in [-0.25, -0.2) is 0 Å². The number of aliphatic imine (C=N–C) groups is 1. The summed E-state index contributed by atoms with van der Waals surface area (Å²) in [6, 6.07) is 0.702. The quantitative estimate of drug-likeness (QED) is 0.337. The number of carbonyl (C=O) groups is 1. The maximum atomic E-state index is 11.7. The second-order valence-corrected chi connectivity index (χ2v) is 7.17. The molecule has 6 nitrogen and oxygen atoms in total. The van der Waals surface area contributed by atoms with Gasteiger partial charge in [0.25, 0.3) is 0 Å². The zero-order valence-electron chi connectivity index (χ0n) is 15.4. The van der Waals surface area contributed by atoms with Crippen LogP contribution >= 0.6 is 0 Å². The highest BCUT2D eigenvalue weighted by Gasteiger charge is 2.18. The van der Waals surface area contributed by atoms with Gasteiger partial charge in [0, 0.05) is 26.2 Å². The molecule has 0 amide bonds. The summed E-state index contributed by atoms with van der Waals surface area (Å²) in [5.41, 5.74) is -0.457. The molecule has 0 saturated carbocycles. The molecule has 1 unspecified atom stereocenters. The van der Waals surface area contributed by atoms with Crippen molar-refractivity contribution in [1.82, 2.24) is 15.5 Å². The van der Waals surface area contributed by atoms with E-state index in [0.29, 0.717) is 12.0 Å². The largest absolute Gasteiger partial charge is 0.459 e. The van der Waals surface area contributed by atoms with Crippen molar-refractivity contribution in [2.24, 2.45) is 4.99 Å². The molecule has 1 rings (SSSR count). The number of hydrogen-bond donors (Lipinski definition) is 2. The summed E-state index contributed by atoms with van der Waals surface area (Å²) in [5, 5.41) is 6.24. The molecule has 23 heavy (non-hydrogen) atoms. The molecular formula is C17H34N4O2. The third-order valence-electron chi connectivity index (χ3n) is 3.90. The lowest BCUT2D eigenvalue weighted by molar-refractivity contribution is -0.153. The maximum Gasteiger partial charge on any atom is 0.325 e. The predicted octanol–water partition coefficient (Wildman–Crippen LogP) is 1.76. The van der Waals surface area contributed by atoms with E-state index < -0.39 is 5.60 Å². The molecule has 134 valence electrons. The highest BCUT2D eigenvalue weighted by molar-refractivity contribution is 5.84. The fourth-order valence-electron chi connectivity index (χ4n) is 2.73. The molecule has 0 aliphatic carbocycles. The van der Waals surface area contributed by atoms with Crippen LogP contribution in [-0.4, -0.2) is 61.7 Å². The molecule has 0 bridgehead atoms. The lowest BCUT2D eigenvalue weighted by atomic mass is 10.0. The third-order valence-corrected chi connectivity index (χ3v) is 3.90. The molecule has 0 spiro atoms. The molecule has 0 aromatic rings. The van der Waals surface area contributed by atoms with Crippen LogP contribution in [0, 0.1) is 0 Å². The van der Waals surface area contributed by atoms with Gasteiger partial charge in [-0.05, 0) is 53.5 Å². The Labute approximate surface area is 141 Å². The third kappa shape index (κ3) is 8.79. The minimum Gasteiger partial charge on any atom is -0.459 e. The predicted molar refractivity (Wildman–Crippen MR) is 94.7 cm³/mol. The summed E-state index contributed by atoms with van der Waals surface area (Å²) in [7, 11) is 1.71. The van der Waals surface area contributed by atoms with E-state index in [1.54, 1.807) is 7.05 Å². The molecule has 0 aromatic carbocycles. The first-order chi connectivity index (χ1) is 10.8. The van der Waals surface area contributed by atoms with E-state index in [0.717, 1.165) is 19.5 Å². The van der Waals surface area contributed by atoms with Gasteiger partial charge in [-0.3, -0.25) is 9.79 Å². The number of nitrogens with zero attached hydrogens (tertiary/aromatic N) is 2. The van der Waals surface area contributed by atoms with E-state index in [9.17, 15) is 4.79 Å². The van der Waals surface area contributed by atoms with Crippen molar-refractivity contribution in [3.05, 3.63) is 0 Å². The Morgan fingerprint density at radius 3 is 2.65 bits per heavy atom. The van der Waals surface area contributed by atoms with Crippen LogP contribution in [0.3, 0.4) is 0 Å². The number of rotatable bonds is 6. The van der Waals surface area contributed by atoms with Crippen LogP contribution in [0.25, 0.3) is 0 Å². The smallest absolute Gasteiger partial charge is 0.325 e. The zero-order valence-corrected chi connectivity index (χ0v) is 15.4. The Kier molecular flexibility index (Phi) is 8.37. The summed E-state index contributed by atoms with van der Waals surface area (Å²) < 4.78 is 5.26.